The molecule has 2 amide bonds. The van der Waals surface area contributed by atoms with Gasteiger partial charge in [-0.15, -0.1) is 11.4 Å². The van der Waals surface area contributed by atoms with E-state index in [1.54, 1.807) is 38.1 Å². The molecule has 1 unspecified atom stereocenters. The van der Waals surface area contributed by atoms with Crippen molar-refractivity contribution in [3.63, 3.8) is 0 Å². The average molecular weight is 445 g/mol. The summed E-state index contributed by atoms with van der Waals surface area (Å²) in [5.74, 6) is -0.316. The molecule has 8 nitrogen and oxygen atoms in total. The van der Waals surface area contributed by atoms with Gasteiger partial charge in [0.2, 0.25) is 5.90 Å². The molecule has 1 aliphatic heterocycles. The van der Waals surface area contributed by atoms with E-state index >= 15 is 0 Å². The van der Waals surface area contributed by atoms with Crippen molar-refractivity contribution in [2.24, 2.45) is 5.10 Å². The van der Waals surface area contributed by atoms with Crippen LogP contribution in [0.4, 0.5) is 11.4 Å². The third-order valence-electron chi connectivity index (χ3n) is 4.60. The van der Waals surface area contributed by atoms with Crippen molar-refractivity contribution >= 4 is 29.1 Å². The van der Waals surface area contributed by atoms with Gasteiger partial charge in [-0.3, -0.25) is 9.59 Å². The van der Waals surface area contributed by atoms with Gasteiger partial charge in [0.1, 0.15) is 5.75 Å². The summed E-state index contributed by atoms with van der Waals surface area (Å²) < 4.78 is 11.1. The number of nitrogens with one attached hydrogen (secondary N) is 1. The van der Waals surface area contributed by atoms with Gasteiger partial charge in [-0.05, 0) is 57.5 Å². The number of aryl methyl sites for hydroxylation is 2. The number of hydrogen-bond donors (Lipinski definition) is 1. The Balaban J connectivity index is 0.00000363. The molecule has 0 spiro atoms. The zero-order chi connectivity index (χ0) is 22.5. The molecule has 2 aromatic rings. The average Bonchev–Trinajstić information content (AvgIpc) is 3.05. The van der Waals surface area contributed by atoms with Crippen LogP contribution in [0.1, 0.15) is 25.0 Å². The molecule has 0 radical (unpaired) electrons. The van der Waals surface area contributed by atoms with E-state index in [-0.39, 0.29) is 53.5 Å². The molecule has 1 atom stereocenters. The molecule has 9 heteroatoms. The predicted octanol–water partition coefficient (Wildman–Crippen LogP) is -0.346. The number of nitrogens with zero attached hydrogens (tertiary/aromatic N) is 2. The Labute approximate surface area is 209 Å². The van der Waals surface area contributed by atoms with Crippen molar-refractivity contribution in [3.05, 3.63) is 65.4 Å². The zero-order valence-electron chi connectivity index (χ0n) is 18.8. The van der Waals surface area contributed by atoms with Crippen molar-refractivity contribution in [3.8, 4) is 5.75 Å². The van der Waals surface area contributed by atoms with E-state index in [0.717, 1.165) is 16.1 Å². The SMILES string of the molecule is CCOC1=NN(c2cccc(NC(=O)C(C)Oc3ccc(C)cc3C)c2)C(=O)/C1=C\[O-].[Na+]. The summed E-state index contributed by atoms with van der Waals surface area (Å²) in [5.41, 5.74) is 2.76. The van der Waals surface area contributed by atoms with Crippen LogP contribution in [0, 0.1) is 13.8 Å². The summed E-state index contributed by atoms with van der Waals surface area (Å²) in [5, 5.41) is 19.2. The van der Waals surface area contributed by atoms with Gasteiger partial charge < -0.3 is 19.9 Å². The van der Waals surface area contributed by atoms with Crippen molar-refractivity contribution in [2.75, 3.05) is 16.9 Å². The van der Waals surface area contributed by atoms with Gasteiger partial charge in [0.05, 0.1) is 17.9 Å². The van der Waals surface area contributed by atoms with E-state index in [1.807, 2.05) is 32.0 Å². The topological polar surface area (TPSA) is 103 Å². The molecule has 0 fully saturated rings. The van der Waals surface area contributed by atoms with E-state index in [1.165, 1.54) is 0 Å². The normalized spacial score (nSPS) is 15.1. The number of hydrogen-bond acceptors (Lipinski definition) is 6. The number of hydrazone groups is 1. The van der Waals surface area contributed by atoms with Crippen LogP contribution < -0.4 is 49.7 Å². The van der Waals surface area contributed by atoms with E-state index in [2.05, 4.69) is 10.4 Å². The van der Waals surface area contributed by atoms with Crippen LogP contribution in [0.2, 0.25) is 0 Å². The molecule has 0 aliphatic carbocycles. The second-order valence-corrected chi connectivity index (χ2v) is 7.06. The number of benzene rings is 2. The monoisotopic (exact) mass is 445 g/mol. The number of anilines is 2. The largest absolute Gasteiger partial charge is 1.00 e. The molecular weight excluding hydrogens is 421 g/mol. The molecule has 0 aromatic heterocycles. The number of carbonyl (C=O) groups excluding carboxylic acids is 2. The fourth-order valence-corrected chi connectivity index (χ4v) is 3.05. The van der Waals surface area contributed by atoms with Gasteiger partial charge >= 0.3 is 29.6 Å². The molecule has 0 saturated carbocycles. The summed E-state index contributed by atoms with van der Waals surface area (Å²) >= 11 is 0. The maximum absolute atomic E-state index is 12.6. The van der Waals surface area contributed by atoms with Crippen LogP contribution in [-0.4, -0.2) is 30.4 Å². The predicted molar refractivity (Wildman–Crippen MR) is 116 cm³/mol. The number of amides is 2. The molecule has 1 aliphatic rings. The van der Waals surface area contributed by atoms with E-state index in [0.29, 0.717) is 23.4 Å². The number of rotatable bonds is 6. The minimum absolute atomic E-state index is 0. The maximum Gasteiger partial charge on any atom is 1.00 e. The Hall–Kier alpha value is -2.81. The molecule has 3 rings (SSSR count). The summed E-state index contributed by atoms with van der Waals surface area (Å²) in [6.45, 7) is 7.57. The van der Waals surface area contributed by atoms with Crippen molar-refractivity contribution in [1.29, 1.82) is 0 Å². The standard InChI is InChI=1S/C23H25N3O5.Na/c1-5-30-22-19(13-27)23(29)26(25-22)18-8-6-7-17(12-18)24-21(28)16(4)31-20-10-9-14(2)11-15(20)3;/h6-13,16,27H,5H2,1-4H3,(H,24,28);/q;+1/p-1/b19-13-;. The Morgan fingerprint density at radius 3 is 2.66 bits per heavy atom. The smallest absolute Gasteiger partial charge is 0.877 e. The van der Waals surface area contributed by atoms with Crippen molar-refractivity contribution < 1.29 is 53.7 Å². The molecule has 0 bridgehead atoms. The fraction of sp³-hybridized carbons (Fsp3) is 0.261. The first-order valence-corrected chi connectivity index (χ1v) is 9.87. The third kappa shape index (κ3) is 5.70. The van der Waals surface area contributed by atoms with Gasteiger partial charge in [0, 0.05) is 5.69 Å². The Morgan fingerprint density at radius 1 is 1.25 bits per heavy atom. The second-order valence-electron chi connectivity index (χ2n) is 7.06. The van der Waals surface area contributed by atoms with E-state index in [4.69, 9.17) is 9.47 Å². The van der Waals surface area contributed by atoms with Gasteiger partial charge in [-0.25, -0.2) is 0 Å². The minimum atomic E-state index is -0.740. The van der Waals surface area contributed by atoms with Crippen LogP contribution >= 0.6 is 0 Å². The van der Waals surface area contributed by atoms with Crippen molar-refractivity contribution in [1.82, 2.24) is 0 Å². The van der Waals surface area contributed by atoms with E-state index < -0.39 is 12.0 Å². The van der Waals surface area contributed by atoms with Crippen LogP contribution in [0.15, 0.2) is 59.4 Å². The Bertz CT molecular complexity index is 1070. The Morgan fingerprint density at radius 2 is 2.00 bits per heavy atom. The van der Waals surface area contributed by atoms with Crippen LogP contribution in [0.25, 0.3) is 0 Å². The van der Waals surface area contributed by atoms with Crippen LogP contribution in [0.3, 0.4) is 0 Å². The molecule has 2 aromatic carbocycles. The quantitative estimate of drug-likeness (QED) is 0.372. The van der Waals surface area contributed by atoms with E-state index in [9.17, 15) is 14.7 Å². The molecule has 1 N–H and O–H groups in total. The van der Waals surface area contributed by atoms with Crippen LogP contribution in [0.5, 0.6) is 5.75 Å². The van der Waals surface area contributed by atoms with Gasteiger partial charge in [-0.1, -0.05) is 23.8 Å². The summed E-state index contributed by atoms with van der Waals surface area (Å²) in [6.07, 6.45) is -0.315. The molecule has 0 saturated heterocycles. The van der Waals surface area contributed by atoms with Gasteiger partial charge in [-0.2, -0.15) is 5.01 Å². The number of carbonyl (C=O) groups is 2. The molecular formula is C23H24N3NaO5. The first-order chi connectivity index (χ1) is 14.8. The summed E-state index contributed by atoms with van der Waals surface area (Å²) in [7, 11) is 0. The van der Waals surface area contributed by atoms with Gasteiger partial charge in [0.25, 0.3) is 11.8 Å². The maximum atomic E-state index is 12.6. The summed E-state index contributed by atoms with van der Waals surface area (Å²) in [6, 6.07) is 12.3. The molecule has 162 valence electrons. The summed E-state index contributed by atoms with van der Waals surface area (Å²) in [4.78, 5) is 25.1. The third-order valence-corrected chi connectivity index (χ3v) is 4.60. The Kier molecular flexibility index (Phi) is 8.89. The van der Waals surface area contributed by atoms with Gasteiger partial charge in [0.15, 0.2) is 6.10 Å². The molecule has 32 heavy (non-hydrogen) atoms. The van der Waals surface area contributed by atoms with Crippen molar-refractivity contribution in [2.45, 2.75) is 33.8 Å². The number of ether oxygens (including phenoxy) is 2. The fourth-order valence-electron chi connectivity index (χ4n) is 3.05. The first kappa shape index (κ1) is 25.5. The zero-order valence-corrected chi connectivity index (χ0v) is 20.8. The first-order valence-electron chi connectivity index (χ1n) is 9.87. The minimum Gasteiger partial charge on any atom is -0.877 e. The van der Waals surface area contributed by atoms with Crippen LogP contribution in [-0.2, 0) is 14.3 Å². The molecule has 1 heterocycles. The second kappa shape index (κ2) is 11.2.